The number of halogens is 1. The zero-order valence-corrected chi connectivity index (χ0v) is 8.44. The predicted molar refractivity (Wildman–Crippen MR) is 59.0 cm³/mol. The first-order valence-electron chi connectivity index (χ1n) is 4.21. The fourth-order valence-corrected chi connectivity index (χ4v) is 1.16. The second-order valence-corrected chi connectivity index (χ2v) is 3.24. The molecule has 2 aromatic rings. The van der Waals surface area contributed by atoms with Gasteiger partial charge < -0.3 is 11.1 Å². The van der Waals surface area contributed by atoms with Gasteiger partial charge in [0.15, 0.2) is 0 Å². The van der Waals surface area contributed by atoms with Crippen LogP contribution in [-0.2, 0) is 0 Å². The summed E-state index contributed by atoms with van der Waals surface area (Å²) in [7, 11) is 0. The van der Waals surface area contributed by atoms with Crippen molar-refractivity contribution in [3.63, 3.8) is 0 Å². The molecule has 0 aliphatic carbocycles. The molecule has 2 rings (SSSR count). The zero-order chi connectivity index (χ0) is 10.7. The number of aromatic nitrogens is 3. The standard InChI is InChI=1S/C9H8ClN5/c10-6-1-3-7(4-2-6)14-9-13-5-12-8(11)15-9/h1-5H,(H3,11,12,13,14,15). The molecule has 0 spiro atoms. The van der Waals surface area contributed by atoms with Gasteiger partial charge in [-0.3, -0.25) is 0 Å². The summed E-state index contributed by atoms with van der Waals surface area (Å²) in [6, 6.07) is 7.19. The zero-order valence-electron chi connectivity index (χ0n) is 7.68. The fraction of sp³-hybridized carbons (Fsp3) is 0. The van der Waals surface area contributed by atoms with Crippen molar-refractivity contribution < 1.29 is 0 Å². The summed E-state index contributed by atoms with van der Waals surface area (Å²) in [6.07, 6.45) is 1.35. The highest BCUT2D eigenvalue weighted by Gasteiger charge is 1.98. The van der Waals surface area contributed by atoms with Crippen LogP contribution in [0.15, 0.2) is 30.6 Å². The van der Waals surface area contributed by atoms with Crippen LogP contribution in [0.2, 0.25) is 5.02 Å². The summed E-state index contributed by atoms with van der Waals surface area (Å²) in [5.41, 5.74) is 6.25. The van der Waals surface area contributed by atoms with Crippen LogP contribution in [0.4, 0.5) is 17.6 Å². The molecular weight excluding hydrogens is 214 g/mol. The monoisotopic (exact) mass is 221 g/mol. The lowest BCUT2D eigenvalue weighted by Gasteiger charge is -2.03. The molecule has 76 valence electrons. The Kier molecular flexibility index (Phi) is 2.64. The van der Waals surface area contributed by atoms with Crippen LogP contribution in [-0.4, -0.2) is 15.0 Å². The van der Waals surface area contributed by atoms with Gasteiger partial charge in [-0.15, -0.1) is 0 Å². The quantitative estimate of drug-likeness (QED) is 0.809. The van der Waals surface area contributed by atoms with Crippen LogP contribution in [0.3, 0.4) is 0 Å². The average Bonchev–Trinajstić information content (AvgIpc) is 2.22. The van der Waals surface area contributed by atoms with Gasteiger partial charge in [0.25, 0.3) is 0 Å². The van der Waals surface area contributed by atoms with Crippen molar-refractivity contribution in [2.45, 2.75) is 0 Å². The van der Waals surface area contributed by atoms with E-state index in [1.807, 2.05) is 12.1 Å². The van der Waals surface area contributed by atoms with Gasteiger partial charge in [0.2, 0.25) is 11.9 Å². The normalized spacial score (nSPS) is 9.93. The second kappa shape index (κ2) is 4.10. The van der Waals surface area contributed by atoms with Gasteiger partial charge in [-0.2, -0.15) is 4.98 Å². The largest absolute Gasteiger partial charge is 0.368 e. The number of rotatable bonds is 2. The Labute approximate surface area is 91.3 Å². The Morgan fingerprint density at radius 1 is 1.13 bits per heavy atom. The van der Waals surface area contributed by atoms with E-state index < -0.39 is 0 Å². The van der Waals surface area contributed by atoms with E-state index >= 15 is 0 Å². The molecule has 15 heavy (non-hydrogen) atoms. The smallest absolute Gasteiger partial charge is 0.231 e. The van der Waals surface area contributed by atoms with Crippen molar-refractivity contribution in [2.24, 2.45) is 0 Å². The van der Waals surface area contributed by atoms with Crippen molar-refractivity contribution in [3.05, 3.63) is 35.6 Å². The molecule has 1 heterocycles. The molecule has 1 aromatic heterocycles. The lowest BCUT2D eigenvalue weighted by molar-refractivity contribution is 1.07. The first-order chi connectivity index (χ1) is 7.24. The molecule has 6 heteroatoms. The third-order valence-electron chi connectivity index (χ3n) is 1.69. The maximum Gasteiger partial charge on any atom is 0.231 e. The maximum absolute atomic E-state index is 5.75. The molecule has 0 amide bonds. The topological polar surface area (TPSA) is 76.7 Å². The molecule has 0 fully saturated rings. The number of hydrogen-bond acceptors (Lipinski definition) is 5. The maximum atomic E-state index is 5.75. The number of nitrogens with two attached hydrogens (primary N) is 1. The van der Waals surface area contributed by atoms with Gasteiger partial charge in [-0.25, -0.2) is 9.97 Å². The molecule has 0 saturated heterocycles. The Balaban J connectivity index is 2.18. The van der Waals surface area contributed by atoms with E-state index in [9.17, 15) is 0 Å². The molecular formula is C9H8ClN5. The van der Waals surface area contributed by atoms with E-state index in [4.69, 9.17) is 17.3 Å². The van der Waals surface area contributed by atoms with Crippen LogP contribution >= 0.6 is 11.6 Å². The number of anilines is 3. The first kappa shape index (κ1) is 9.67. The van der Waals surface area contributed by atoms with Crippen molar-refractivity contribution in [1.29, 1.82) is 0 Å². The summed E-state index contributed by atoms with van der Waals surface area (Å²) in [5.74, 6) is 0.589. The van der Waals surface area contributed by atoms with E-state index in [0.29, 0.717) is 11.0 Å². The molecule has 5 nitrogen and oxygen atoms in total. The van der Waals surface area contributed by atoms with Crippen LogP contribution in [0, 0.1) is 0 Å². The van der Waals surface area contributed by atoms with Crippen LogP contribution in [0.5, 0.6) is 0 Å². The summed E-state index contributed by atoms with van der Waals surface area (Å²) in [4.78, 5) is 11.5. The van der Waals surface area contributed by atoms with E-state index in [0.717, 1.165) is 5.69 Å². The Hall–Kier alpha value is -1.88. The number of nitrogens with zero attached hydrogens (tertiary/aromatic N) is 3. The Morgan fingerprint density at radius 3 is 2.53 bits per heavy atom. The number of nitrogen functional groups attached to an aromatic ring is 1. The first-order valence-corrected chi connectivity index (χ1v) is 4.59. The highest BCUT2D eigenvalue weighted by Crippen LogP contribution is 2.16. The Morgan fingerprint density at radius 2 is 1.87 bits per heavy atom. The van der Waals surface area contributed by atoms with E-state index in [2.05, 4.69) is 20.3 Å². The average molecular weight is 222 g/mol. The molecule has 0 unspecified atom stereocenters. The SMILES string of the molecule is Nc1ncnc(Nc2ccc(Cl)cc2)n1. The number of benzene rings is 1. The summed E-state index contributed by atoms with van der Waals surface area (Å²) in [5, 5.41) is 3.65. The lowest BCUT2D eigenvalue weighted by Crippen LogP contribution is -2.01. The molecule has 0 bridgehead atoms. The minimum atomic E-state index is 0.182. The van der Waals surface area contributed by atoms with Crippen LogP contribution in [0.1, 0.15) is 0 Å². The number of nitrogens with one attached hydrogen (secondary N) is 1. The van der Waals surface area contributed by atoms with Crippen molar-refractivity contribution >= 4 is 29.2 Å². The highest BCUT2D eigenvalue weighted by atomic mass is 35.5. The fourth-order valence-electron chi connectivity index (χ4n) is 1.03. The minimum Gasteiger partial charge on any atom is -0.368 e. The summed E-state index contributed by atoms with van der Waals surface area (Å²) in [6.45, 7) is 0. The predicted octanol–water partition coefficient (Wildman–Crippen LogP) is 1.85. The molecule has 0 atom stereocenters. The van der Waals surface area contributed by atoms with Crippen molar-refractivity contribution in [1.82, 2.24) is 15.0 Å². The van der Waals surface area contributed by atoms with Crippen LogP contribution in [0.25, 0.3) is 0 Å². The van der Waals surface area contributed by atoms with Crippen molar-refractivity contribution in [3.8, 4) is 0 Å². The Bertz CT molecular complexity index is 456. The summed E-state index contributed by atoms with van der Waals surface area (Å²) >= 11 is 5.75. The highest BCUT2D eigenvalue weighted by molar-refractivity contribution is 6.30. The van der Waals surface area contributed by atoms with E-state index in [1.54, 1.807) is 12.1 Å². The molecule has 0 saturated carbocycles. The van der Waals surface area contributed by atoms with Gasteiger partial charge in [0, 0.05) is 10.7 Å². The van der Waals surface area contributed by atoms with Crippen LogP contribution < -0.4 is 11.1 Å². The third kappa shape index (κ3) is 2.54. The molecule has 3 N–H and O–H groups in total. The van der Waals surface area contributed by atoms with E-state index in [1.165, 1.54) is 6.33 Å². The van der Waals surface area contributed by atoms with Gasteiger partial charge in [0.1, 0.15) is 6.33 Å². The van der Waals surface area contributed by atoms with Gasteiger partial charge in [-0.1, -0.05) is 11.6 Å². The minimum absolute atomic E-state index is 0.182. The van der Waals surface area contributed by atoms with E-state index in [-0.39, 0.29) is 5.95 Å². The van der Waals surface area contributed by atoms with Crippen molar-refractivity contribution in [2.75, 3.05) is 11.1 Å². The molecule has 1 aromatic carbocycles. The van der Waals surface area contributed by atoms with Gasteiger partial charge >= 0.3 is 0 Å². The molecule has 0 aliphatic rings. The summed E-state index contributed by atoms with van der Waals surface area (Å²) < 4.78 is 0. The second-order valence-electron chi connectivity index (χ2n) is 2.80. The van der Waals surface area contributed by atoms with Gasteiger partial charge in [-0.05, 0) is 24.3 Å². The van der Waals surface area contributed by atoms with Gasteiger partial charge in [0.05, 0.1) is 0 Å². The molecule has 0 aliphatic heterocycles. The number of hydrogen-bond donors (Lipinski definition) is 2. The molecule has 0 radical (unpaired) electrons. The third-order valence-corrected chi connectivity index (χ3v) is 1.94. The lowest BCUT2D eigenvalue weighted by atomic mass is 10.3.